The van der Waals surface area contributed by atoms with E-state index in [9.17, 15) is 10.1 Å². The van der Waals surface area contributed by atoms with Crippen LogP contribution in [0.2, 0.25) is 0 Å². The summed E-state index contributed by atoms with van der Waals surface area (Å²) in [6, 6.07) is 12.7. The van der Waals surface area contributed by atoms with E-state index in [2.05, 4.69) is 15.9 Å². The van der Waals surface area contributed by atoms with Crippen molar-refractivity contribution in [3.05, 3.63) is 62.4 Å². The maximum absolute atomic E-state index is 11.1. The van der Waals surface area contributed by atoms with Crippen LogP contribution >= 0.6 is 27.3 Å². The Morgan fingerprint density at radius 2 is 1.84 bits per heavy atom. The molecule has 0 spiro atoms. The molecule has 0 aliphatic carbocycles. The van der Waals surface area contributed by atoms with Crippen molar-refractivity contribution in [1.82, 2.24) is 0 Å². The average molecular weight is 334 g/mol. The molecule has 0 N–H and O–H groups in total. The third-order valence-corrected chi connectivity index (χ3v) is 4.90. The molecule has 3 rings (SSSR count). The number of para-hydroxylation sites is 1. The summed E-state index contributed by atoms with van der Waals surface area (Å²) in [6.45, 7) is 0. The molecule has 0 radical (unpaired) electrons. The van der Waals surface area contributed by atoms with Crippen molar-refractivity contribution < 1.29 is 4.92 Å². The minimum atomic E-state index is -0.336. The van der Waals surface area contributed by atoms with Crippen LogP contribution in [0.15, 0.2) is 52.3 Å². The van der Waals surface area contributed by atoms with Crippen molar-refractivity contribution in [3.8, 4) is 11.1 Å². The van der Waals surface area contributed by atoms with Crippen LogP contribution in [0.5, 0.6) is 0 Å². The van der Waals surface area contributed by atoms with Crippen molar-refractivity contribution in [2.75, 3.05) is 0 Å². The van der Waals surface area contributed by atoms with Gasteiger partial charge in [0.15, 0.2) is 0 Å². The SMILES string of the molecule is O=[N+]([O-])c1ccccc1-c1csc2c(Br)cccc12. The molecule has 0 amide bonds. The molecule has 0 saturated carbocycles. The highest BCUT2D eigenvalue weighted by molar-refractivity contribution is 9.10. The summed E-state index contributed by atoms with van der Waals surface area (Å²) in [5, 5.41) is 14.1. The van der Waals surface area contributed by atoms with E-state index >= 15 is 0 Å². The van der Waals surface area contributed by atoms with Gasteiger partial charge in [-0.05, 0) is 28.1 Å². The van der Waals surface area contributed by atoms with Gasteiger partial charge in [-0.1, -0.05) is 24.3 Å². The quantitative estimate of drug-likeness (QED) is 0.475. The Hall–Kier alpha value is -1.72. The van der Waals surface area contributed by atoms with Gasteiger partial charge in [0, 0.05) is 31.6 Å². The lowest BCUT2D eigenvalue weighted by atomic mass is 10.0. The van der Waals surface area contributed by atoms with E-state index in [0.29, 0.717) is 5.56 Å². The van der Waals surface area contributed by atoms with E-state index in [1.807, 2.05) is 29.6 Å². The molecule has 19 heavy (non-hydrogen) atoms. The zero-order valence-electron chi connectivity index (χ0n) is 9.67. The van der Waals surface area contributed by atoms with Crippen LogP contribution in [0.1, 0.15) is 0 Å². The van der Waals surface area contributed by atoms with E-state index in [4.69, 9.17) is 0 Å². The second-order valence-corrected chi connectivity index (χ2v) is 5.77. The van der Waals surface area contributed by atoms with Crippen LogP contribution in [0, 0.1) is 10.1 Å². The third-order valence-electron chi connectivity index (χ3n) is 2.94. The molecule has 1 aromatic heterocycles. The number of nitrogens with zero attached hydrogens (tertiary/aromatic N) is 1. The second-order valence-electron chi connectivity index (χ2n) is 4.04. The molecule has 3 nitrogen and oxygen atoms in total. The van der Waals surface area contributed by atoms with Crippen LogP contribution < -0.4 is 0 Å². The Labute approximate surface area is 121 Å². The smallest absolute Gasteiger partial charge is 0.258 e. The molecule has 2 aromatic carbocycles. The summed E-state index contributed by atoms with van der Waals surface area (Å²) < 4.78 is 2.12. The second kappa shape index (κ2) is 4.75. The lowest BCUT2D eigenvalue weighted by Crippen LogP contribution is -1.90. The van der Waals surface area contributed by atoms with Crippen molar-refractivity contribution in [2.45, 2.75) is 0 Å². The van der Waals surface area contributed by atoms with Gasteiger partial charge >= 0.3 is 0 Å². The van der Waals surface area contributed by atoms with Gasteiger partial charge in [-0.2, -0.15) is 0 Å². The summed E-state index contributed by atoms with van der Waals surface area (Å²) in [4.78, 5) is 10.8. The summed E-state index contributed by atoms with van der Waals surface area (Å²) in [7, 11) is 0. The number of hydrogen-bond acceptors (Lipinski definition) is 3. The summed E-state index contributed by atoms with van der Waals surface area (Å²) in [5.41, 5.74) is 1.72. The summed E-state index contributed by atoms with van der Waals surface area (Å²) >= 11 is 5.09. The zero-order valence-corrected chi connectivity index (χ0v) is 12.1. The maximum atomic E-state index is 11.1. The van der Waals surface area contributed by atoms with Gasteiger partial charge in [-0.15, -0.1) is 11.3 Å². The highest BCUT2D eigenvalue weighted by Crippen LogP contribution is 2.40. The van der Waals surface area contributed by atoms with Crippen LogP contribution in [0.25, 0.3) is 21.2 Å². The fraction of sp³-hybridized carbons (Fsp3) is 0. The highest BCUT2D eigenvalue weighted by atomic mass is 79.9. The first kappa shape index (κ1) is 12.3. The Bertz CT molecular complexity index is 782. The van der Waals surface area contributed by atoms with E-state index in [-0.39, 0.29) is 10.6 Å². The van der Waals surface area contributed by atoms with Gasteiger partial charge in [0.2, 0.25) is 0 Å². The molecule has 0 aliphatic rings. The van der Waals surface area contributed by atoms with Crippen LogP contribution in [0.3, 0.4) is 0 Å². The Morgan fingerprint density at radius 1 is 1.05 bits per heavy atom. The van der Waals surface area contributed by atoms with Crippen molar-refractivity contribution in [2.24, 2.45) is 0 Å². The number of hydrogen-bond donors (Lipinski definition) is 0. The Balaban J connectivity index is 2.32. The number of benzene rings is 2. The van der Waals surface area contributed by atoms with Gasteiger partial charge in [0.1, 0.15) is 0 Å². The van der Waals surface area contributed by atoms with Crippen molar-refractivity contribution in [1.29, 1.82) is 0 Å². The van der Waals surface area contributed by atoms with E-state index in [0.717, 1.165) is 20.1 Å². The maximum Gasteiger partial charge on any atom is 0.277 e. The molecule has 0 saturated heterocycles. The van der Waals surface area contributed by atoms with Gasteiger partial charge in [0.05, 0.1) is 10.5 Å². The minimum absolute atomic E-state index is 0.141. The van der Waals surface area contributed by atoms with E-state index in [1.54, 1.807) is 23.5 Å². The predicted octanol–water partition coefficient (Wildman–Crippen LogP) is 5.24. The Morgan fingerprint density at radius 3 is 2.63 bits per heavy atom. The molecular weight excluding hydrogens is 326 g/mol. The molecule has 94 valence electrons. The minimum Gasteiger partial charge on any atom is -0.258 e. The molecule has 1 heterocycles. The van der Waals surface area contributed by atoms with Gasteiger partial charge in [0.25, 0.3) is 5.69 Å². The molecule has 0 unspecified atom stereocenters. The summed E-state index contributed by atoms with van der Waals surface area (Å²) in [5.74, 6) is 0. The van der Waals surface area contributed by atoms with Gasteiger partial charge < -0.3 is 0 Å². The lowest BCUT2D eigenvalue weighted by Gasteiger charge is -2.02. The van der Waals surface area contributed by atoms with Gasteiger partial charge in [-0.25, -0.2) is 0 Å². The van der Waals surface area contributed by atoms with E-state index in [1.165, 1.54) is 6.07 Å². The zero-order chi connectivity index (χ0) is 13.4. The van der Waals surface area contributed by atoms with Crippen LogP contribution in [0.4, 0.5) is 5.69 Å². The third kappa shape index (κ3) is 2.05. The standard InChI is InChI=1S/C14H8BrNO2S/c15-12-6-3-5-10-11(8-19-14(10)12)9-4-1-2-7-13(9)16(17)18/h1-8H. The van der Waals surface area contributed by atoms with E-state index < -0.39 is 0 Å². The van der Waals surface area contributed by atoms with Gasteiger partial charge in [-0.3, -0.25) is 10.1 Å². The van der Waals surface area contributed by atoms with Crippen LogP contribution in [-0.2, 0) is 0 Å². The molecular formula is C14H8BrNO2S. The predicted molar refractivity (Wildman–Crippen MR) is 81.6 cm³/mol. The topological polar surface area (TPSA) is 43.1 Å². The number of rotatable bonds is 2. The van der Waals surface area contributed by atoms with Crippen LogP contribution in [-0.4, -0.2) is 4.92 Å². The fourth-order valence-electron chi connectivity index (χ4n) is 2.09. The van der Waals surface area contributed by atoms with Crippen molar-refractivity contribution in [3.63, 3.8) is 0 Å². The Kier molecular flexibility index (Phi) is 3.08. The average Bonchev–Trinajstić information content (AvgIpc) is 2.84. The molecule has 3 aromatic rings. The first-order chi connectivity index (χ1) is 9.18. The molecule has 0 bridgehead atoms. The summed E-state index contributed by atoms with van der Waals surface area (Å²) in [6.07, 6.45) is 0. The molecule has 0 atom stereocenters. The number of nitro groups is 1. The first-order valence-electron chi connectivity index (χ1n) is 5.58. The number of fused-ring (bicyclic) bond motifs is 1. The highest BCUT2D eigenvalue weighted by Gasteiger charge is 2.17. The lowest BCUT2D eigenvalue weighted by molar-refractivity contribution is -0.384. The first-order valence-corrected chi connectivity index (χ1v) is 7.25. The molecule has 0 fully saturated rings. The number of thiophene rings is 1. The number of nitro benzene ring substituents is 1. The largest absolute Gasteiger partial charge is 0.277 e. The van der Waals surface area contributed by atoms with Crippen molar-refractivity contribution >= 4 is 43.0 Å². The number of halogens is 1. The fourth-order valence-corrected chi connectivity index (χ4v) is 3.71. The molecule has 0 aliphatic heterocycles. The monoisotopic (exact) mass is 333 g/mol. The normalized spacial score (nSPS) is 10.8. The molecule has 5 heteroatoms.